The number of rotatable bonds is 1. The lowest BCUT2D eigenvalue weighted by Gasteiger charge is -2.03. The van der Waals surface area contributed by atoms with Gasteiger partial charge in [-0.3, -0.25) is 0 Å². The fourth-order valence-corrected chi connectivity index (χ4v) is 1.57. The fraction of sp³-hybridized carbons (Fsp3) is 0.100. The van der Waals surface area contributed by atoms with Gasteiger partial charge in [-0.2, -0.15) is 0 Å². The Morgan fingerprint density at radius 1 is 1.40 bits per heavy atom. The molecule has 15 heavy (non-hydrogen) atoms. The van der Waals surface area contributed by atoms with E-state index in [1.54, 1.807) is 25.1 Å². The van der Waals surface area contributed by atoms with Crippen molar-refractivity contribution < 1.29 is 9.63 Å². The highest BCUT2D eigenvalue weighted by atomic mass is 35.5. The van der Waals surface area contributed by atoms with Crippen molar-refractivity contribution in [1.82, 2.24) is 5.16 Å². The first kappa shape index (κ1) is 9.86. The van der Waals surface area contributed by atoms with E-state index in [0.29, 0.717) is 17.1 Å². The van der Waals surface area contributed by atoms with Gasteiger partial charge in [-0.15, -0.1) is 0 Å². The van der Waals surface area contributed by atoms with Crippen LogP contribution in [-0.2, 0) is 0 Å². The number of hydrogen-bond donors (Lipinski definition) is 2. The molecule has 0 unspecified atom stereocenters. The van der Waals surface area contributed by atoms with Crippen LogP contribution in [0.1, 0.15) is 5.56 Å². The van der Waals surface area contributed by atoms with E-state index in [0.717, 1.165) is 5.56 Å². The molecule has 0 atom stereocenters. The Kier molecular flexibility index (Phi) is 2.28. The molecule has 0 aliphatic heterocycles. The summed E-state index contributed by atoms with van der Waals surface area (Å²) in [6.45, 7) is 1.75. The number of aryl methyl sites for hydroxylation is 1. The van der Waals surface area contributed by atoms with Gasteiger partial charge < -0.3 is 15.4 Å². The zero-order valence-electron chi connectivity index (χ0n) is 7.99. The van der Waals surface area contributed by atoms with E-state index in [1.165, 1.54) is 0 Å². The average Bonchev–Trinajstić information content (AvgIpc) is 2.60. The van der Waals surface area contributed by atoms with Crippen LogP contribution in [0.2, 0.25) is 5.02 Å². The maximum atomic E-state index is 9.48. The van der Waals surface area contributed by atoms with Crippen LogP contribution in [0, 0.1) is 6.92 Å². The zero-order chi connectivity index (χ0) is 11.0. The molecule has 0 spiro atoms. The van der Waals surface area contributed by atoms with E-state index < -0.39 is 0 Å². The highest BCUT2D eigenvalue weighted by molar-refractivity contribution is 6.32. The average molecular weight is 225 g/mol. The molecule has 0 radical (unpaired) electrons. The third-order valence-electron chi connectivity index (χ3n) is 2.07. The minimum atomic E-state index is 0.0768. The van der Waals surface area contributed by atoms with Crippen molar-refractivity contribution in [2.45, 2.75) is 6.92 Å². The number of hydrogen-bond acceptors (Lipinski definition) is 4. The Hall–Kier alpha value is -1.68. The molecule has 4 nitrogen and oxygen atoms in total. The summed E-state index contributed by atoms with van der Waals surface area (Å²) < 4.78 is 4.98. The smallest absolute Gasteiger partial charge is 0.169 e. The summed E-state index contributed by atoms with van der Waals surface area (Å²) in [5.41, 5.74) is 6.84. The number of nitrogens with two attached hydrogens (primary N) is 1. The number of aromatic nitrogens is 1. The van der Waals surface area contributed by atoms with Crippen molar-refractivity contribution in [3.05, 3.63) is 28.8 Å². The first-order chi connectivity index (χ1) is 7.08. The van der Waals surface area contributed by atoms with Gasteiger partial charge in [0.1, 0.15) is 5.75 Å². The van der Waals surface area contributed by atoms with Gasteiger partial charge in [-0.05, 0) is 24.6 Å². The molecule has 5 heteroatoms. The van der Waals surface area contributed by atoms with Crippen LogP contribution in [0.5, 0.6) is 5.75 Å². The highest BCUT2D eigenvalue weighted by Crippen LogP contribution is 2.33. The van der Waals surface area contributed by atoms with Crippen molar-refractivity contribution in [1.29, 1.82) is 0 Å². The minimum Gasteiger partial charge on any atom is -0.506 e. The summed E-state index contributed by atoms with van der Waals surface area (Å²) in [6, 6.07) is 4.95. The number of phenols is 1. The van der Waals surface area contributed by atoms with E-state index in [4.69, 9.17) is 21.9 Å². The van der Waals surface area contributed by atoms with Gasteiger partial charge in [-0.25, -0.2) is 0 Å². The first-order valence-corrected chi connectivity index (χ1v) is 4.67. The number of benzene rings is 1. The second kappa shape index (κ2) is 3.47. The second-order valence-electron chi connectivity index (χ2n) is 3.24. The van der Waals surface area contributed by atoms with E-state index in [2.05, 4.69) is 5.16 Å². The van der Waals surface area contributed by atoms with Gasteiger partial charge in [0.05, 0.1) is 5.02 Å². The van der Waals surface area contributed by atoms with Gasteiger partial charge in [0, 0.05) is 11.6 Å². The third kappa shape index (κ3) is 1.76. The van der Waals surface area contributed by atoms with Gasteiger partial charge in [-0.1, -0.05) is 16.8 Å². The molecule has 78 valence electrons. The molecular weight excluding hydrogens is 216 g/mol. The van der Waals surface area contributed by atoms with Crippen molar-refractivity contribution in [3.63, 3.8) is 0 Å². The zero-order valence-corrected chi connectivity index (χ0v) is 8.75. The molecule has 2 aromatic rings. The molecule has 0 fully saturated rings. The molecule has 0 aliphatic carbocycles. The molecule has 0 aliphatic rings. The highest BCUT2D eigenvalue weighted by Gasteiger charge is 2.10. The molecule has 1 heterocycles. The number of phenolic OH excluding ortho intramolecular Hbond substituents is 1. The molecule has 1 aromatic heterocycles. The molecular formula is C10H9ClN2O2. The van der Waals surface area contributed by atoms with Crippen LogP contribution in [0.4, 0.5) is 5.82 Å². The quantitative estimate of drug-likeness (QED) is 0.781. The second-order valence-corrected chi connectivity index (χ2v) is 3.65. The van der Waals surface area contributed by atoms with E-state index in [1.807, 2.05) is 0 Å². The number of aromatic hydroxyl groups is 1. The van der Waals surface area contributed by atoms with Gasteiger partial charge in [0.2, 0.25) is 0 Å². The normalized spacial score (nSPS) is 10.5. The van der Waals surface area contributed by atoms with Gasteiger partial charge in [0.15, 0.2) is 11.6 Å². The van der Waals surface area contributed by atoms with Crippen LogP contribution in [0.25, 0.3) is 11.3 Å². The van der Waals surface area contributed by atoms with Crippen LogP contribution in [0.15, 0.2) is 22.7 Å². The van der Waals surface area contributed by atoms with Crippen LogP contribution in [0.3, 0.4) is 0 Å². The molecule has 0 saturated heterocycles. The SMILES string of the molecule is Cc1cc(-c2cc(N)no2)cc(Cl)c1O. The topological polar surface area (TPSA) is 72.3 Å². The maximum absolute atomic E-state index is 9.48. The number of anilines is 1. The minimum absolute atomic E-state index is 0.0768. The van der Waals surface area contributed by atoms with Crippen molar-refractivity contribution in [2.24, 2.45) is 0 Å². The fourth-order valence-electron chi connectivity index (χ4n) is 1.30. The lowest BCUT2D eigenvalue weighted by atomic mass is 10.1. The van der Waals surface area contributed by atoms with Gasteiger partial charge >= 0.3 is 0 Å². The largest absolute Gasteiger partial charge is 0.506 e. The molecule has 0 bridgehead atoms. The molecule has 2 rings (SSSR count). The Bertz CT molecular complexity index is 485. The van der Waals surface area contributed by atoms with E-state index in [-0.39, 0.29) is 10.8 Å². The van der Waals surface area contributed by atoms with Crippen LogP contribution < -0.4 is 5.73 Å². The molecule has 3 N–H and O–H groups in total. The summed E-state index contributed by atoms with van der Waals surface area (Å²) in [4.78, 5) is 0. The number of nitrogens with zero attached hydrogens (tertiary/aromatic N) is 1. The molecule has 0 amide bonds. The van der Waals surface area contributed by atoms with Crippen molar-refractivity contribution in [3.8, 4) is 17.1 Å². The van der Waals surface area contributed by atoms with Crippen LogP contribution >= 0.6 is 11.6 Å². The van der Waals surface area contributed by atoms with E-state index >= 15 is 0 Å². The summed E-state index contributed by atoms with van der Waals surface area (Å²) >= 11 is 5.83. The third-order valence-corrected chi connectivity index (χ3v) is 2.35. The Morgan fingerprint density at radius 3 is 2.67 bits per heavy atom. The number of nitrogen functional groups attached to an aromatic ring is 1. The Balaban J connectivity index is 2.55. The maximum Gasteiger partial charge on any atom is 0.169 e. The number of halogens is 1. The Morgan fingerprint density at radius 2 is 2.13 bits per heavy atom. The summed E-state index contributed by atoms with van der Waals surface area (Å²) in [7, 11) is 0. The summed E-state index contributed by atoms with van der Waals surface area (Å²) in [5.74, 6) is 0.914. The van der Waals surface area contributed by atoms with Gasteiger partial charge in [0.25, 0.3) is 0 Å². The van der Waals surface area contributed by atoms with Crippen LogP contribution in [-0.4, -0.2) is 10.3 Å². The lowest BCUT2D eigenvalue weighted by Crippen LogP contribution is -1.81. The Labute approximate surface area is 91.3 Å². The van der Waals surface area contributed by atoms with E-state index in [9.17, 15) is 5.11 Å². The predicted octanol–water partition coefficient (Wildman–Crippen LogP) is 2.59. The monoisotopic (exact) mass is 224 g/mol. The standard InChI is InChI=1S/C10H9ClN2O2/c1-5-2-6(3-7(11)10(5)14)8-4-9(12)13-15-8/h2-4,14H,1H3,(H2,12,13). The summed E-state index contributed by atoms with van der Waals surface area (Å²) in [5, 5.41) is 13.3. The van der Waals surface area contributed by atoms with Crippen molar-refractivity contribution in [2.75, 3.05) is 5.73 Å². The first-order valence-electron chi connectivity index (χ1n) is 4.29. The molecule has 1 aromatic carbocycles. The predicted molar refractivity (Wildman–Crippen MR) is 57.8 cm³/mol. The van der Waals surface area contributed by atoms with Crippen molar-refractivity contribution >= 4 is 17.4 Å². The summed E-state index contributed by atoms with van der Waals surface area (Å²) in [6.07, 6.45) is 0. The lowest BCUT2D eigenvalue weighted by molar-refractivity contribution is 0.435. The molecule has 0 saturated carbocycles.